The van der Waals surface area contributed by atoms with Crippen LogP contribution in [0.2, 0.25) is 4.34 Å². The number of aliphatic hydroxyl groups is 1. The molecule has 3 aliphatic rings. The van der Waals surface area contributed by atoms with Crippen molar-refractivity contribution >= 4 is 22.9 Å². The summed E-state index contributed by atoms with van der Waals surface area (Å²) in [5.41, 5.74) is -0.186. The van der Waals surface area contributed by atoms with Gasteiger partial charge in [0.1, 0.15) is 11.6 Å². The van der Waals surface area contributed by atoms with Gasteiger partial charge in [-0.3, -0.25) is 0 Å². The van der Waals surface area contributed by atoms with Crippen LogP contribution in [0.15, 0.2) is 12.1 Å². The van der Waals surface area contributed by atoms with Gasteiger partial charge in [-0.2, -0.15) is 0 Å². The second-order valence-electron chi connectivity index (χ2n) is 7.36. The minimum atomic E-state index is -0.243. The van der Waals surface area contributed by atoms with Gasteiger partial charge in [-0.15, -0.1) is 21.5 Å². The Morgan fingerprint density at radius 3 is 2.48 bits per heavy atom. The molecule has 6 heteroatoms. The molecule has 3 saturated carbocycles. The lowest BCUT2D eigenvalue weighted by atomic mass is 9.65. The third kappa shape index (κ3) is 2.13. The molecule has 0 aromatic carbocycles. The van der Waals surface area contributed by atoms with Crippen molar-refractivity contribution in [3.63, 3.8) is 0 Å². The fraction of sp³-hybridized carbons (Fsp3) is 0.647. The number of thiophene rings is 1. The third-order valence-electron chi connectivity index (χ3n) is 5.75. The van der Waals surface area contributed by atoms with Gasteiger partial charge in [-0.1, -0.05) is 18.0 Å². The van der Waals surface area contributed by atoms with Crippen molar-refractivity contribution in [3.05, 3.63) is 33.0 Å². The molecule has 23 heavy (non-hydrogen) atoms. The van der Waals surface area contributed by atoms with Crippen molar-refractivity contribution in [1.82, 2.24) is 14.8 Å². The van der Waals surface area contributed by atoms with E-state index in [9.17, 15) is 5.11 Å². The first kappa shape index (κ1) is 14.4. The van der Waals surface area contributed by atoms with Crippen molar-refractivity contribution < 1.29 is 5.11 Å². The van der Waals surface area contributed by atoms with E-state index >= 15 is 0 Å². The molecule has 3 fully saturated rings. The molecule has 122 valence electrons. The van der Waals surface area contributed by atoms with Crippen molar-refractivity contribution in [1.29, 1.82) is 0 Å². The fourth-order valence-electron chi connectivity index (χ4n) is 4.08. The van der Waals surface area contributed by atoms with E-state index in [1.165, 1.54) is 42.8 Å². The zero-order chi connectivity index (χ0) is 15.6. The monoisotopic (exact) mass is 349 g/mol. The van der Waals surface area contributed by atoms with Gasteiger partial charge in [0, 0.05) is 16.8 Å². The van der Waals surface area contributed by atoms with E-state index in [0.29, 0.717) is 12.0 Å². The van der Waals surface area contributed by atoms with Crippen molar-refractivity contribution in [2.45, 2.75) is 68.4 Å². The number of halogens is 1. The maximum absolute atomic E-state index is 10.0. The number of aromatic nitrogens is 3. The molecule has 0 saturated heterocycles. The molecule has 0 amide bonds. The molecule has 5 rings (SSSR count). The summed E-state index contributed by atoms with van der Waals surface area (Å²) < 4.78 is 3.24. The summed E-state index contributed by atoms with van der Waals surface area (Å²) in [6.45, 7) is 0. The van der Waals surface area contributed by atoms with Gasteiger partial charge < -0.3 is 9.67 Å². The highest BCUT2D eigenvalue weighted by Crippen LogP contribution is 2.54. The molecular formula is C17H20ClN3OS. The highest BCUT2D eigenvalue weighted by molar-refractivity contribution is 7.16. The smallest absolute Gasteiger partial charge is 0.145 e. The molecule has 0 bridgehead atoms. The van der Waals surface area contributed by atoms with Gasteiger partial charge in [0.25, 0.3) is 0 Å². The number of rotatable bonds is 4. The Hall–Kier alpha value is -0.910. The predicted octanol–water partition coefficient (Wildman–Crippen LogP) is 4.04. The summed E-state index contributed by atoms with van der Waals surface area (Å²) in [6, 6.07) is 4.63. The highest BCUT2D eigenvalue weighted by atomic mass is 35.5. The molecule has 4 nitrogen and oxygen atoms in total. The SMILES string of the molecule is O[C@H]1C[C@@](c2ccc(Cl)s2)(c2nnc(C3CCC3)n2C2CC2)C1. The Bertz CT molecular complexity index is 741. The second-order valence-corrected chi connectivity index (χ2v) is 9.07. The maximum atomic E-state index is 10.0. The van der Waals surface area contributed by atoms with E-state index in [-0.39, 0.29) is 11.5 Å². The maximum Gasteiger partial charge on any atom is 0.145 e. The lowest BCUT2D eigenvalue weighted by molar-refractivity contribution is 0.0333. The zero-order valence-corrected chi connectivity index (χ0v) is 14.5. The summed E-state index contributed by atoms with van der Waals surface area (Å²) >= 11 is 7.81. The first-order valence-corrected chi connectivity index (χ1v) is 9.76. The Labute approximate surface area is 144 Å². The zero-order valence-electron chi connectivity index (χ0n) is 12.9. The molecule has 1 N–H and O–H groups in total. The van der Waals surface area contributed by atoms with Crippen LogP contribution in [-0.4, -0.2) is 26.0 Å². The second kappa shape index (κ2) is 5.04. The van der Waals surface area contributed by atoms with Crippen LogP contribution < -0.4 is 0 Å². The van der Waals surface area contributed by atoms with Gasteiger partial charge in [0.05, 0.1) is 15.9 Å². The molecule has 2 aromatic rings. The van der Waals surface area contributed by atoms with Crippen LogP contribution in [0.25, 0.3) is 0 Å². The van der Waals surface area contributed by atoms with E-state index in [1.54, 1.807) is 11.3 Å². The van der Waals surface area contributed by atoms with E-state index in [2.05, 4.69) is 20.8 Å². The minimum Gasteiger partial charge on any atom is -0.393 e. The van der Waals surface area contributed by atoms with Crippen LogP contribution in [0.5, 0.6) is 0 Å². The predicted molar refractivity (Wildman–Crippen MR) is 90.2 cm³/mol. The van der Waals surface area contributed by atoms with Crippen LogP contribution in [-0.2, 0) is 5.41 Å². The Morgan fingerprint density at radius 2 is 1.96 bits per heavy atom. The van der Waals surface area contributed by atoms with Crippen LogP contribution in [0.4, 0.5) is 0 Å². The normalized spacial score (nSPS) is 31.0. The summed E-state index contributed by atoms with van der Waals surface area (Å²) in [4.78, 5) is 1.22. The molecule has 0 unspecified atom stereocenters. The Morgan fingerprint density at radius 1 is 1.17 bits per heavy atom. The van der Waals surface area contributed by atoms with E-state index < -0.39 is 0 Å². The van der Waals surface area contributed by atoms with E-state index in [4.69, 9.17) is 11.6 Å². The van der Waals surface area contributed by atoms with Crippen molar-refractivity contribution in [2.24, 2.45) is 0 Å². The van der Waals surface area contributed by atoms with Gasteiger partial charge in [0.15, 0.2) is 0 Å². The molecular weight excluding hydrogens is 330 g/mol. The Kier molecular flexibility index (Phi) is 3.16. The molecule has 0 aliphatic heterocycles. The molecule has 2 heterocycles. The first-order valence-electron chi connectivity index (χ1n) is 8.56. The number of hydrogen-bond donors (Lipinski definition) is 1. The van der Waals surface area contributed by atoms with E-state index in [1.807, 2.05) is 6.07 Å². The standard InChI is InChI=1S/C17H20ClN3OS/c18-14-7-6-13(23-14)17(8-12(22)9-17)16-20-19-15(10-2-1-3-10)21(16)11-4-5-11/h6-7,10-12,22H,1-5,8-9H2/t12-,17+. The quantitative estimate of drug-likeness (QED) is 0.906. The molecule has 0 spiro atoms. The van der Waals surface area contributed by atoms with Gasteiger partial charge in [-0.05, 0) is 50.7 Å². The third-order valence-corrected chi connectivity index (χ3v) is 7.18. The lowest BCUT2D eigenvalue weighted by Gasteiger charge is -2.44. The summed E-state index contributed by atoms with van der Waals surface area (Å²) in [7, 11) is 0. The van der Waals surface area contributed by atoms with Crippen LogP contribution in [0.3, 0.4) is 0 Å². The summed E-state index contributed by atoms with van der Waals surface area (Å²) in [5.74, 6) is 2.86. The molecule has 0 atom stereocenters. The topological polar surface area (TPSA) is 50.9 Å². The average Bonchev–Trinajstić information content (AvgIpc) is 3.04. The van der Waals surface area contributed by atoms with Gasteiger partial charge in [0.2, 0.25) is 0 Å². The van der Waals surface area contributed by atoms with Crippen LogP contribution in [0.1, 0.15) is 73.4 Å². The number of hydrogen-bond acceptors (Lipinski definition) is 4. The number of nitrogens with zero attached hydrogens (tertiary/aromatic N) is 3. The van der Waals surface area contributed by atoms with Gasteiger partial charge >= 0.3 is 0 Å². The number of aliphatic hydroxyl groups excluding tert-OH is 1. The molecule has 3 aliphatic carbocycles. The van der Waals surface area contributed by atoms with Gasteiger partial charge in [-0.25, -0.2) is 0 Å². The summed E-state index contributed by atoms with van der Waals surface area (Å²) in [6.07, 6.45) is 7.48. The largest absolute Gasteiger partial charge is 0.393 e. The molecule has 0 radical (unpaired) electrons. The Balaban J connectivity index is 1.62. The first-order chi connectivity index (χ1) is 11.2. The molecule has 2 aromatic heterocycles. The summed E-state index contributed by atoms with van der Waals surface area (Å²) in [5, 5.41) is 19.3. The lowest BCUT2D eigenvalue weighted by Crippen LogP contribution is -2.47. The van der Waals surface area contributed by atoms with Crippen molar-refractivity contribution in [3.8, 4) is 0 Å². The van der Waals surface area contributed by atoms with Crippen molar-refractivity contribution in [2.75, 3.05) is 0 Å². The van der Waals surface area contributed by atoms with Crippen LogP contribution in [0, 0.1) is 0 Å². The minimum absolute atomic E-state index is 0.186. The average molecular weight is 350 g/mol. The van der Waals surface area contributed by atoms with Crippen LogP contribution >= 0.6 is 22.9 Å². The fourth-order valence-corrected chi connectivity index (χ4v) is 5.33. The van der Waals surface area contributed by atoms with E-state index in [0.717, 1.165) is 23.0 Å². The highest BCUT2D eigenvalue weighted by Gasteiger charge is 2.52.